The fourth-order valence-corrected chi connectivity index (χ4v) is 2.02. The molecule has 1 nitrogen and oxygen atoms in total. The van der Waals surface area contributed by atoms with E-state index in [9.17, 15) is 0 Å². The van der Waals surface area contributed by atoms with Gasteiger partial charge in [-0.1, -0.05) is 36.5 Å². The lowest BCUT2D eigenvalue weighted by molar-refractivity contribution is 0.922. The molecular weight excluding hydrogens is 205 g/mol. The van der Waals surface area contributed by atoms with Gasteiger partial charge in [-0.15, -0.1) is 0 Å². The lowest BCUT2D eigenvalue weighted by atomic mass is 10.1. The summed E-state index contributed by atoms with van der Waals surface area (Å²) in [4.78, 5) is 0. The molecule has 0 fully saturated rings. The van der Waals surface area contributed by atoms with E-state index in [2.05, 4.69) is 12.2 Å². The largest absolute Gasteiger partial charge is 0.386 e. The average molecular weight is 218 g/mol. The van der Waals surface area contributed by atoms with Gasteiger partial charge in [0, 0.05) is 7.05 Å². The first-order valence-corrected chi connectivity index (χ1v) is 5.10. The Morgan fingerprint density at radius 2 is 1.77 bits per heavy atom. The molecule has 1 aromatic rings. The molecule has 0 saturated heterocycles. The second-order valence-corrected chi connectivity index (χ2v) is 3.75. The summed E-state index contributed by atoms with van der Waals surface area (Å²) in [5.74, 6) is 0. The number of hydrogen-bond donors (Lipinski definition) is 1. The second-order valence-electron chi connectivity index (χ2n) is 2.93. The van der Waals surface area contributed by atoms with Gasteiger partial charge in [0.1, 0.15) is 0 Å². The predicted molar refractivity (Wildman–Crippen MR) is 60.0 cm³/mol. The molecule has 1 rings (SSSR count). The topological polar surface area (TPSA) is 12.0 Å². The van der Waals surface area contributed by atoms with E-state index in [0.717, 1.165) is 18.5 Å². The molecule has 0 aliphatic heterocycles. The molecule has 0 aromatic heterocycles. The van der Waals surface area contributed by atoms with Gasteiger partial charge in [-0.25, -0.2) is 0 Å². The van der Waals surface area contributed by atoms with E-state index < -0.39 is 0 Å². The molecule has 0 saturated carbocycles. The predicted octanol–water partition coefficient (Wildman–Crippen LogP) is 3.99. The summed E-state index contributed by atoms with van der Waals surface area (Å²) in [7, 11) is 1.81. The number of hydrogen-bond acceptors (Lipinski definition) is 1. The Morgan fingerprint density at radius 1 is 1.23 bits per heavy atom. The molecule has 3 heteroatoms. The van der Waals surface area contributed by atoms with Gasteiger partial charge >= 0.3 is 0 Å². The fourth-order valence-electron chi connectivity index (χ4n) is 1.30. The van der Waals surface area contributed by atoms with Crippen LogP contribution in [0.2, 0.25) is 10.0 Å². The maximum Gasteiger partial charge on any atom is 0.0716 e. The Hall–Kier alpha value is -0.400. The van der Waals surface area contributed by atoms with Crippen molar-refractivity contribution in [3.05, 3.63) is 27.7 Å². The van der Waals surface area contributed by atoms with E-state index in [1.807, 2.05) is 19.2 Å². The maximum atomic E-state index is 6.02. The normalized spacial score (nSPS) is 10.2. The smallest absolute Gasteiger partial charge is 0.0716 e. The lowest BCUT2D eigenvalue weighted by Crippen LogP contribution is -1.92. The van der Waals surface area contributed by atoms with Crippen LogP contribution in [-0.2, 0) is 6.42 Å². The van der Waals surface area contributed by atoms with Gasteiger partial charge in [-0.05, 0) is 24.1 Å². The summed E-state index contributed by atoms with van der Waals surface area (Å²) in [5, 5.41) is 4.35. The second kappa shape index (κ2) is 4.73. The molecule has 1 aromatic carbocycles. The lowest BCUT2D eigenvalue weighted by Gasteiger charge is -2.08. The zero-order valence-electron chi connectivity index (χ0n) is 7.82. The van der Waals surface area contributed by atoms with E-state index >= 15 is 0 Å². The first kappa shape index (κ1) is 10.7. The van der Waals surface area contributed by atoms with Crippen molar-refractivity contribution in [3.8, 4) is 0 Å². The van der Waals surface area contributed by atoms with Crippen molar-refractivity contribution in [3.63, 3.8) is 0 Å². The van der Waals surface area contributed by atoms with Gasteiger partial charge in [0.15, 0.2) is 0 Å². The monoisotopic (exact) mass is 217 g/mol. The Labute approximate surface area is 89.0 Å². The molecule has 0 bridgehead atoms. The molecular formula is C10H13Cl2N. The summed E-state index contributed by atoms with van der Waals surface area (Å²) in [6.45, 7) is 2.13. The molecule has 0 aliphatic carbocycles. The molecule has 0 spiro atoms. The third kappa shape index (κ3) is 2.52. The Bertz CT molecular complexity index is 274. The van der Waals surface area contributed by atoms with Crippen LogP contribution in [0.15, 0.2) is 12.1 Å². The maximum absolute atomic E-state index is 6.02. The third-order valence-corrected chi connectivity index (χ3v) is 2.49. The minimum atomic E-state index is 0.693. The van der Waals surface area contributed by atoms with Gasteiger partial charge < -0.3 is 5.32 Å². The van der Waals surface area contributed by atoms with E-state index in [0.29, 0.717) is 10.0 Å². The molecule has 72 valence electrons. The number of halogens is 2. The van der Waals surface area contributed by atoms with Gasteiger partial charge in [-0.3, -0.25) is 0 Å². The van der Waals surface area contributed by atoms with Crippen molar-refractivity contribution in [2.45, 2.75) is 19.8 Å². The van der Waals surface area contributed by atoms with Crippen LogP contribution in [0, 0.1) is 0 Å². The third-order valence-electron chi connectivity index (χ3n) is 1.89. The van der Waals surface area contributed by atoms with Gasteiger partial charge in [0.25, 0.3) is 0 Å². The average Bonchev–Trinajstić information content (AvgIpc) is 2.04. The Balaban J connectivity index is 3.05. The number of benzene rings is 1. The molecule has 0 amide bonds. The SMILES string of the molecule is CCCc1cc(Cl)c(NC)c(Cl)c1. The van der Waals surface area contributed by atoms with Crippen molar-refractivity contribution in [2.24, 2.45) is 0 Å². The van der Waals surface area contributed by atoms with Crippen molar-refractivity contribution in [1.82, 2.24) is 0 Å². The quantitative estimate of drug-likeness (QED) is 0.808. The standard InChI is InChI=1S/C10H13Cl2N/c1-3-4-7-5-8(11)10(13-2)9(12)6-7/h5-6,13H,3-4H2,1-2H3. The van der Waals surface area contributed by atoms with Crippen LogP contribution < -0.4 is 5.32 Å². The van der Waals surface area contributed by atoms with Crippen molar-refractivity contribution < 1.29 is 0 Å². The van der Waals surface area contributed by atoms with Crippen LogP contribution >= 0.6 is 23.2 Å². The highest BCUT2D eigenvalue weighted by Crippen LogP contribution is 2.31. The summed E-state index contributed by atoms with van der Waals surface area (Å²) < 4.78 is 0. The van der Waals surface area contributed by atoms with Crippen LogP contribution in [-0.4, -0.2) is 7.05 Å². The zero-order chi connectivity index (χ0) is 9.84. The van der Waals surface area contributed by atoms with Crippen LogP contribution in [0.5, 0.6) is 0 Å². The summed E-state index contributed by atoms with van der Waals surface area (Å²) in [6.07, 6.45) is 2.12. The zero-order valence-corrected chi connectivity index (χ0v) is 9.34. The number of nitrogens with one attached hydrogen (secondary N) is 1. The molecule has 0 aliphatic rings. The van der Waals surface area contributed by atoms with E-state index in [1.54, 1.807) is 0 Å². The first-order valence-electron chi connectivity index (χ1n) is 4.34. The van der Waals surface area contributed by atoms with E-state index in [1.165, 1.54) is 5.56 Å². The summed E-state index contributed by atoms with van der Waals surface area (Å²) in [6, 6.07) is 3.92. The van der Waals surface area contributed by atoms with Crippen LogP contribution in [0.3, 0.4) is 0 Å². The highest BCUT2D eigenvalue weighted by molar-refractivity contribution is 6.39. The minimum Gasteiger partial charge on any atom is -0.386 e. The number of rotatable bonds is 3. The molecule has 13 heavy (non-hydrogen) atoms. The molecule has 0 radical (unpaired) electrons. The molecule has 0 unspecified atom stereocenters. The Morgan fingerprint density at radius 3 is 2.15 bits per heavy atom. The van der Waals surface area contributed by atoms with Gasteiger partial charge in [0.05, 0.1) is 15.7 Å². The fraction of sp³-hybridized carbons (Fsp3) is 0.400. The van der Waals surface area contributed by atoms with Crippen LogP contribution in [0.1, 0.15) is 18.9 Å². The minimum absolute atomic E-state index is 0.693. The van der Waals surface area contributed by atoms with Gasteiger partial charge in [-0.2, -0.15) is 0 Å². The van der Waals surface area contributed by atoms with Crippen molar-refractivity contribution >= 4 is 28.9 Å². The highest BCUT2D eigenvalue weighted by Gasteiger charge is 2.05. The highest BCUT2D eigenvalue weighted by atomic mass is 35.5. The first-order chi connectivity index (χ1) is 6.19. The van der Waals surface area contributed by atoms with Crippen molar-refractivity contribution in [1.29, 1.82) is 0 Å². The Kier molecular flexibility index (Phi) is 3.89. The molecule has 1 N–H and O–H groups in total. The summed E-state index contributed by atoms with van der Waals surface area (Å²) >= 11 is 12.0. The van der Waals surface area contributed by atoms with E-state index in [-0.39, 0.29) is 0 Å². The van der Waals surface area contributed by atoms with Gasteiger partial charge in [0.2, 0.25) is 0 Å². The molecule has 0 atom stereocenters. The van der Waals surface area contributed by atoms with E-state index in [4.69, 9.17) is 23.2 Å². The van der Waals surface area contributed by atoms with Crippen LogP contribution in [0.4, 0.5) is 5.69 Å². The van der Waals surface area contributed by atoms with Crippen LogP contribution in [0.25, 0.3) is 0 Å². The summed E-state index contributed by atoms with van der Waals surface area (Å²) in [5.41, 5.74) is 2.00. The number of aryl methyl sites for hydroxylation is 1. The van der Waals surface area contributed by atoms with Crippen molar-refractivity contribution in [2.75, 3.05) is 12.4 Å². The number of anilines is 1. The molecule has 0 heterocycles.